The number of benzene rings is 2. The highest BCUT2D eigenvalue weighted by Gasteiger charge is 2.43. The Labute approximate surface area is 149 Å². The van der Waals surface area contributed by atoms with Gasteiger partial charge in [-0.15, -0.1) is 0 Å². The van der Waals surface area contributed by atoms with Crippen LogP contribution in [0.15, 0.2) is 72.8 Å². The topological polar surface area (TPSA) is 27.7 Å². The fourth-order valence-electron chi connectivity index (χ4n) is 3.48. The summed E-state index contributed by atoms with van der Waals surface area (Å²) in [5.74, 6) is 0. The molecule has 0 amide bonds. The van der Waals surface area contributed by atoms with Crippen LogP contribution in [0.2, 0.25) is 0 Å². The Morgan fingerprint density at radius 3 is 2.56 bits per heavy atom. The number of rotatable bonds is 4. The molecule has 2 aromatic rings. The molecule has 3 atom stereocenters. The van der Waals surface area contributed by atoms with Gasteiger partial charge in [0.2, 0.25) is 0 Å². The van der Waals surface area contributed by atoms with Crippen LogP contribution in [0.25, 0.3) is 5.57 Å². The summed E-state index contributed by atoms with van der Waals surface area (Å²) in [5, 5.41) is 0. The molecule has 4 heteroatoms. The van der Waals surface area contributed by atoms with E-state index in [1.165, 1.54) is 5.56 Å². The molecule has 1 aliphatic carbocycles. The molecule has 4 rings (SSSR count). The average molecular weight is 332 g/mol. The van der Waals surface area contributed by atoms with Gasteiger partial charge in [-0.3, -0.25) is 0 Å². The first-order valence-electron chi connectivity index (χ1n) is 8.64. The van der Waals surface area contributed by atoms with Crippen LogP contribution in [-0.2, 0) is 14.0 Å². The summed E-state index contributed by atoms with van der Waals surface area (Å²) in [6, 6.07) is 18.5. The quantitative estimate of drug-likeness (QED) is 0.802. The molecule has 126 valence electrons. The first-order chi connectivity index (χ1) is 12.3. The van der Waals surface area contributed by atoms with E-state index in [0.717, 1.165) is 16.6 Å². The van der Waals surface area contributed by atoms with E-state index in [4.69, 9.17) is 14.0 Å². The molecule has 0 unspecified atom stereocenters. The van der Waals surface area contributed by atoms with Gasteiger partial charge in [-0.1, -0.05) is 72.8 Å². The number of methoxy groups -OCH3 is 1. The van der Waals surface area contributed by atoms with Crippen LogP contribution in [0.3, 0.4) is 0 Å². The maximum Gasteiger partial charge on any atom is 0.495 e. The van der Waals surface area contributed by atoms with Crippen LogP contribution in [0.1, 0.15) is 24.2 Å². The molecule has 1 heterocycles. The summed E-state index contributed by atoms with van der Waals surface area (Å²) in [6.45, 7) is 2.04. The molecule has 1 fully saturated rings. The van der Waals surface area contributed by atoms with Gasteiger partial charge in [-0.2, -0.15) is 0 Å². The lowest BCUT2D eigenvalue weighted by Gasteiger charge is -2.22. The third kappa shape index (κ3) is 3.09. The molecule has 0 spiro atoms. The third-order valence-electron chi connectivity index (χ3n) is 4.88. The summed E-state index contributed by atoms with van der Waals surface area (Å²) in [5.41, 5.74) is 4.47. The zero-order chi connectivity index (χ0) is 17.2. The number of ether oxygens (including phenoxy) is 1. The monoisotopic (exact) mass is 332 g/mol. The minimum absolute atomic E-state index is 0.00861. The minimum atomic E-state index is -0.390. The second kappa shape index (κ2) is 7.00. The largest absolute Gasteiger partial charge is 0.495 e. The zero-order valence-corrected chi connectivity index (χ0v) is 14.5. The van der Waals surface area contributed by atoms with Gasteiger partial charge in [-0.05, 0) is 29.1 Å². The van der Waals surface area contributed by atoms with Crippen LogP contribution in [0.5, 0.6) is 0 Å². The van der Waals surface area contributed by atoms with Crippen LogP contribution in [-0.4, -0.2) is 26.4 Å². The van der Waals surface area contributed by atoms with Gasteiger partial charge in [0.1, 0.15) is 0 Å². The van der Waals surface area contributed by atoms with Crippen LogP contribution in [0, 0.1) is 0 Å². The number of fused-ring (bicyclic) bond motifs is 1. The molecule has 2 aromatic carbocycles. The van der Waals surface area contributed by atoms with Crippen molar-refractivity contribution in [1.29, 1.82) is 0 Å². The van der Waals surface area contributed by atoms with Crippen molar-refractivity contribution in [2.45, 2.75) is 25.2 Å². The van der Waals surface area contributed by atoms with Crippen molar-refractivity contribution in [3.05, 3.63) is 84.0 Å². The highest BCUT2D eigenvalue weighted by atomic mass is 16.7. The van der Waals surface area contributed by atoms with E-state index >= 15 is 0 Å². The van der Waals surface area contributed by atoms with E-state index < -0.39 is 7.12 Å². The molecule has 2 aliphatic rings. The fraction of sp³-hybridized carbons (Fsp3) is 0.238. The summed E-state index contributed by atoms with van der Waals surface area (Å²) in [7, 11) is 1.33. The predicted octanol–water partition coefficient (Wildman–Crippen LogP) is 3.53. The molecule has 0 aromatic heterocycles. The maximum absolute atomic E-state index is 6.36. The number of hydrogen-bond donors (Lipinski definition) is 0. The second-order valence-electron chi connectivity index (χ2n) is 6.37. The first-order valence-corrected chi connectivity index (χ1v) is 8.64. The van der Waals surface area contributed by atoms with E-state index in [1.54, 1.807) is 7.11 Å². The van der Waals surface area contributed by atoms with Gasteiger partial charge in [0.25, 0.3) is 0 Å². The van der Waals surface area contributed by atoms with Crippen molar-refractivity contribution < 1.29 is 14.0 Å². The number of hydrogen-bond acceptors (Lipinski definition) is 3. The SMILES string of the molecule is CO[C@@H](C)c1ccccc1B1O[C@H]2C=CC=C(c3ccccc3)[C@H]2O1. The highest BCUT2D eigenvalue weighted by molar-refractivity contribution is 6.62. The Balaban J connectivity index is 1.64. The molecule has 3 nitrogen and oxygen atoms in total. The van der Waals surface area contributed by atoms with Gasteiger partial charge in [0.05, 0.1) is 18.3 Å². The van der Waals surface area contributed by atoms with Crippen LogP contribution in [0.4, 0.5) is 0 Å². The predicted molar refractivity (Wildman–Crippen MR) is 101 cm³/mol. The Hall–Kier alpha value is -2.14. The Morgan fingerprint density at radius 2 is 1.76 bits per heavy atom. The smallest absolute Gasteiger partial charge is 0.398 e. The first kappa shape index (κ1) is 16.3. The standard InChI is InChI=1S/C21H21BO3/c1-15(23-2)17-11-6-7-13-19(17)22-24-20-14-8-12-18(21(20)25-22)16-9-4-3-5-10-16/h3-15,20-21H,1-2H3/t15-,20-,21+/m0/s1. The molecular weight excluding hydrogens is 311 g/mol. The Morgan fingerprint density at radius 1 is 1.00 bits per heavy atom. The summed E-state index contributed by atoms with van der Waals surface area (Å²) >= 11 is 0. The van der Waals surface area contributed by atoms with Crippen LogP contribution >= 0.6 is 0 Å². The molecule has 25 heavy (non-hydrogen) atoms. The average Bonchev–Trinajstić information content (AvgIpc) is 3.12. The van der Waals surface area contributed by atoms with Gasteiger partial charge in [0.15, 0.2) is 0 Å². The molecule has 1 saturated heterocycles. The van der Waals surface area contributed by atoms with Crippen molar-refractivity contribution in [2.24, 2.45) is 0 Å². The summed E-state index contributed by atoms with van der Waals surface area (Å²) in [6.07, 6.45) is 6.06. The summed E-state index contributed by atoms with van der Waals surface area (Å²) in [4.78, 5) is 0. The molecule has 0 bridgehead atoms. The van der Waals surface area contributed by atoms with E-state index in [2.05, 4.69) is 42.5 Å². The van der Waals surface area contributed by atoms with Gasteiger partial charge < -0.3 is 14.0 Å². The van der Waals surface area contributed by atoms with Crippen molar-refractivity contribution >= 4 is 18.2 Å². The number of allylic oxidation sites excluding steroid dienone is 2. The Kier molecular flexibility index (Phi) is 4.58. The summed E-state index contributed by atoms with van der Waals surface area (Å²) < 4.78 is 18.1. The molecule has 0 N–H and O–H groups in total. The van der Waals surface area contributed by atoms with E-state index in [0.29, 0.717) is 0 Å². The van der Waals surface area contributed by atoms with Gasteiger partial charge in [0, 0.05) is 7.11 Å². The second-order valence-corrected chi connectivity index (χ2v) is 6.37. The minimum Gasteiger partial charge on any atom is -0.398 e. The molecule has 0 radical (unpaired) electrons. The van der Waals surface area contributed by atoms with Crippen molar-refractivity contribution in [3.8, 4) is 0 Å². The lowest BCUT2D eigenvalue weighted by Crippen LogP contribution is -2.36. The van der Waals surface area contributed by atoms with Gasteiger partial charge >= 0.3 is 7.12 Å². The van der Waals surface area contributed by atoms with Crippen molar-refractivity contribution in [1.82, 2.24) is 0 Å². The lowest BCUT2D eigenvalue weighted by molar-refractivity contribution is 0.120. The molecular formula is C21H21BO3. The third-order valence-corrected chi connectivity index (χ3v) is 4.88. The Bertz CT molecular complexity index is 800. The van der Waals surface area contributed by atoms with E-state index in [1.807, 2.05) is 37.3 Å². The van der Waals surface area contributed by atoms with Crippen molar-refractivity contribution in [3.63, 3.8) is 0 Å². The molecule has 0 saturated carbocycles. The zero-order valence-electron chi connectivity index (χ0n) is 14.5. The van der Waals surface area contributed by atoms with Crippen LogP contribution < -0.4 is 5.46 Å². The van der Waals surface area contributed by atoms with Crippen molar-refractivity contribution in [2.75, 3.05) is 7.11 Å². The van der Waals surface area contributed by atoms with E-state index in [-0.39, 0.29) is 18.3 Å². The van der Waals surface area contributed by atoms with E-state index in [9.17, 15) is 0 Å². The highest BCUT2D eigenvalue weighted by Crippen LogP contribution is 2.33. The normalized spacial score (nSPS) is 23.3. The molecule has 1 aliphatic heterocycles. The maximum atomic E-state index is 6.36. The van der Waals surface area contributed by atoms with Gasteiger partial charge in [-0.25, -0.2) is 0 Å². The fourth-order valence-corrected chi connectivity index (χ4v) is 3.48. The lowest BCUT2D eigenvalue weighted by atomic mass is 9.75.